The van der Waals surface area contributed by atoms with Crippen molar-refractivity contribution in [3.8, 4) is 0 Å². The molecular formula is C6H13Br2NO. The molecule has 0 aromatic rings. The van der Waals surface area contributed by atoms with E-state index < -0.39 is 0 Å². The quantitative estimate of drug-likeness (QED) is 0.461. The fourth-order valence-electron chi connectivity index (χ4n) is 0.0609. The maximum Gasteiger partial charge on any atom is 0.0764 e. The molecule has 0 unspecified atom stereocenters. The summed E-state index contributed by atoms with van der Waals surface area (Å²) < 4.78 is 0. The average molecular weight is 275 g/mol. The summed E-state index contributed by atoms with van der Waals surface area (Å²) in [6, 6.07) is 0. The van der Waals surface area contributed by atoms with Crippen molar-refractivity contribution in [2.75, 3.05) is 11.9 Å². The molecule has 10 heavy (non-hydrogen) atoms. The molecule has 0 amide bonds. The van der Waals surface area contributed by atoms with Crippen molar-refractivity contribution >= 4 is 32.9 Å². The lowest BCUT2D eigenvalue weighted by molar-refractivity contribution is 0.472. The van der Waals surface area contributed by atoms with Crippen molar-refractivity contribution in [1.82, 2.24) is 0 Å². The number of aliphatic hydroxyl groups excluding tert-OH is 1. The molecule has 0 spiro atoms. The number of aliphatic hydroxyl groups is 1. The summed E-state index contributed by atoms with van der Waals surface area (Å²) in [4.78, 5) is 0. The summed E-state index contributed by atoms with van der Waals surface area (Å²) >= 11 is 3.13. The van der Waals surface area contributed by atoms with Crippen molar-refractivity contribution in [3.63, 3.8) is 0 Å². The molecule has 0 aromatic carbocycles. The molecule has 3 N–H and O–H groups in total. The van der Waals surface area contributed by atoms with Crippen LogP contribution in [0.2, 0.25) is 0 Å². The van der Waals surface area contributed by atoms with Gasteiger partial charge in [0.15, 0.2) is 0 Å². The number of rotatable bonds is 2. The molecule has 0 heterocycles. The Morgan fingerprint density at radius 3 is 2.00 bits per heavy atom. The van der Waals surface area contributed by atoms with Crippen LogP contribution in [0.1, 0.15) is 0 Å². The standard InChI is InChI=1S/C3H5Br.C3H7NO.BrH/c1-2-3-4;4-2-1-3-5;/h2H,1,3H2;1,3,5H,2,4H2;1H. The summed E-state index contributed by atoms with van der Waals surface area (Å²) in [5, 5.41) is 8.70. The van der Waals surface area contributed by atoms with E-state index in [-0.39, 0.29) is 17.0 Å². The average Bonchev–Trinajstić information content (AvgIpc) is 1.91. The van der Waals surface area contributed by atoms with Gasteiger partial charge in [-0.2, -0.15) is 0 Å². The van der Waals surface area contributed by atoms with Gasteiger partial charge in [0.25, 0.3) is 0 Å². The Bertz CT molecular complexity index is 76.1. The predicted octanol–water partition coefficient (Wildman–Crippen LogP) is 2.16. The monoisotopic (exact) mass is 273 g/mol. The van der Waals surface area contributed by atoms with Crippen LogP contribution in [-0.4, -0.2) is 17.0 Å². The lowest BCUT2D eigenvalue weighted by Crippen LogP contribution is -1.91. The number of hydrogen-bond donors (Lipinski definition) is 2. The molecular weight excluding hydrogens is 262 g/mol. The molecule has 0 radical (unpaired) electrons. The Labute approximate surface area is 80.7 Å². The Kier molecular flexibility index (Phi) is 38.1. The predicted molar refractivity (Wildman–Crippen MR) is 55.1 cm³/mol. The van der Waals surface area contributed by atoms with Crippen LogP contribution in [0.25, 0.3) is 0 Å². The number of alkyl halides is 1. The van der Waals surface area contributed by atoms with Crippen LogP contribution in [-0.2, 0) is 0 Å². The van der Waals surface area contributed by atoms with E-state index in [2.05, 4.69) is 22.5 Å². The molecule has 0 fully saturated rings. The second-order valence-corrected chi connectivity index (χ2v) is 1.71. The number of nitrogens with two attached hydrogens (primary N) is 1. The highest BCUT2D eigenvalue weighted by Crippen LogP contribution is 1.73. The van der Waals surface area contributed by atoms with E-state index in [1.807, 2.05) is 0 Å². The second kappa shape index (κ2) is 22.9. The molecule has 0 aromatic heterocycles. The van der Waals surface area contributed by atoms with E-state index in [9.17, 15) is 0 Å². The molecule has 0 aliphatic rings. The third-order valence-corrected chi connectivity index (χ3v) is 0.808. The lowest BCUT2D eigenvalue weighted by atomic mass is 10.6. The summed E-state index contributed by atoms with van der Waals surface area (Å²) in [6.45, 7) is 3.85. The highest BCUT2D eigenvalue weighted by molar-refractivity contribution is 9.09. The van der Waals surface area contributed by atoms with Crippen molar-refractivity contribution in [3.05, 3.63) is 25.0 Å². The first-order chi connectivity index (χ1) is 4.33. The fourth-order valence-corrected chi connectivity index (χ4v) is 0.0609. The molecule has 62 valence electrons. The highest BCUT2D eigenvalue weighted by atomic mass is 79.9. The van der Waals surface area contributed by atoms with Crippen molar-refractivity contribution < 1.29 is 5.11 Å². The van der Waals surface area contributed by atoms with Gasteiger partial charge in [0, 0.05) is 11.9 Å². The van der Waals surface area contributed by atoms with Crippen LogP contribution < -0.4 is 5.73 Å². The summed E-state index contributed by atoms with van der Waals surface area (Å²) in [6.07, 6.45) is 4.18. The Hall–Kier alpha value is 0.200. The summed E-state index contributed by atoms with van der Waals surface area (Å²) in [7, 11) is 0. The minimum Gasteiger partial charge on any atom is -0.516 e. The smallest absolute Gasteiger partial charge is 0.0764 e. The third kappa shape index (κ3) is 41.5. The van der Waals surface area contributed by atoms with Gasteiger partial charge in [-0.15, -0.1) is 23.6 Å². The molecule has 0 saturated carbocycles. The summed E-state index contributed by atoms with van der Waals surface area (Å²) in [5.41, 5.74) is 4.89. The van der Waals surface area contributed by atoms with Crippen LogP contribution in [0, 0.1) is 0 Å². The van der Waals surface area contributed by atoms with Crippen molar-refractivity contribution in [1.29, 1.82) is 0 Å². The molecule has 0 saturated heterocycles. The van der Waals surface area contributed by atoms with Gasteiger partial charge in [-0.3, -0.25) is 0 Å². The zero-order valence-electron chi connectivity index (χ0n) is 5.66. The fraction of sp³-hybridized carbons (Fsp3) is 0.333. The first kappa shape index (κ1) is 16.7. The molecule has 2 nitrogen and oxygen atoms in total. The normalized spacial score (nSPS) is 7.40. The van der Waals surface area contributed by atoms with Crippen LogP contribution in [0.15, 0.2) is 25.0 Å². The van der Waals surface area contributed by atoms with Gasteiger partial charge in [-0.1, -0.05) is 22.0 Å². The Balaban J connectivity index is -0.0000000910. The zero-order valence-corrected chi connectivity index (χ0v) is 8.96. The maximum absolute atomic E-state index is 7.81. The molecule has 0 aliphatic carbocycles. The molecule has 4 heteroatoms. The van der Waals surface area contributed by atoms with E-state index in [1.165, 1.54) is 6.08 Å². The van der Waals surface area contributed by atoms with Gasteiger partial charge >= 0.3 is 0 Å². The summed E-state index contributed by atoms with van der Waals surface area (Å²) in [5.74, 6) is 0. The van der Waals surface area contributed by atoms with Crippen LogP contribution in [0.3, 0.4) is 0 Å². The van der Waals surface area contributed by atoms with Crippen LogP contribution in [0.4, 0.5) is 0 Å². The maximum atomic E-state index is 7.81. The van der Waals surface area contributed by atoms with Gasteiger partial charge < -0.3 is 10.8 Å². The minimum absolute atomic E-state index is 0. The Morgan fingerprint density at radius 1 is 1.60 bits per heavy atom. The van der Waals surface area contributed by atoms with Crippen LogP contribution in [0.5, 0.6) is 0 Å². The molecule has 0 bridgehead atoms. The van der Waals surface area contributed by atoms with Gasteiger partial charge in [0.05, 0.1) is 6.26 Å². The largest absolute Gasteiger partial charge is 0.516 e. The molecule has 0 rings (SSSR count). The van der Waals surface area contributed by atoms with E-state index >= 15 is 0 Å². The van der Waals surface area contributed by atoms with Gasteiger partial charge in [-0.05, 0) is 6.08 Å². The molecule has 0 atom stereocenters. The van der Waals surface area contributed by atoms with Crippen LogP contribution >= 0.6 is 32.9 Å². The zero-order chi connectivity index (χ0) is 7.54. The van der Waals surface area contributed by atoms with E-state index in [0.717, 1.165) is 11.6 Å². The van der Waals surface area contributed by atoms with E-state index in [4.69, 9.17) is 10.8 Å². The van der Waals surface area contributed by atoms with E-state index in [0.29, 0.717) is 6.54 Å². The topological polar surface area (TPSA) is 46.2 Å². The number of hydrogen-bond acceptors (Lipinski definition) is 2. The minimum atomic E-state index is 0. The third-order valence-electron chi connectivity index (χ3n) is 0.351. The van der Waals surface area contributed by atoms with E-state index in [1.54, 1.807) is 6.08 Å². The highest BCUT2D eigenvalue weighted by Gasteiger charge is 1.52. The molecule has 0 aliphatic heterocycles. The first-order valence-corrected chi connectivity index (χ1v) is 3.61. The van der Waals surface area contributed by atoms with Gasteiger partial charge in [0.2, 0.25) is 0 Å². The number of allylic oxidation sites excluding steroid dienone is 1. The van der Waals surface area contributed by atoms with Gasteiger partial charge in [-0.25, -0.2) is 0 Å². The SMILES string of the molecule is Br.C=CCBr.NCC=CO. The number of halogens is 2. The van der Waals surface area contributed by atoms with Crippen molar-refractivity contribution in [2.24, 2.45) is 5.73 Å². The van der Waals surface area contributed by atoms with Crippen molar-refractivity contribution in [2.45, 2.75) is 0 Å². The lowest BCUT2D eigenvalue weighted by Gasteiger charge is -1.67. The Morgan fingerprint density at radius 2 is 2.00 bits per heavy atom. The first-order valence-electron chi connectivity index (χ1n) is 2.49. The van der Waals surface area contributed by atoms with Gasteiger partial charge in [0.1, 0.15) is 0 Å². The second-order valence-electron chi connectivity index (χ2n) is 1.06.